The van der Waals surface area contributed by atoms with Crippen molar-refractivity contribution in [2.24, 2.45) is 0 Å². The van der Waals surface area contributed by atoms with Gasteiger partial charge < -0.3 is 54.4 Å². The molecule has 0 spiro atoms. The highest BCUT2D eigenvalue weighted by Crippen LogP contribution is 2.39. The predicted octanol–water partition coefficient (Wildman–Crippen LogP) is 5.85. The minimum atomic E-state index is -0.459. The molecule has 5 rings (SSSR count). The molecule has 1 unspecified atom stereocenters. The number of hydrogen-bond donors (Lipinski definition) is 5. The van der Waals surface area contributed by atoms with E-state index in [1.54, 1.807) is 45.6 Å². The fourth-order valence-corrected chi connectivity index (χ4v) is 5.97. The van der Waals surface area contributed by atoms with Gasteiger partial charge in [-0.25, -0.2) is 0 Å². The van der Waals surface area contributed by atoms with Crippen LogP contribution in [0, 0.1) is 0 Å². The molecule has 52 heavy (non-hydrogen) atoms. The van der Waals surface area contributed by atoms with E-state index in [-0.39, 0.29) is 25.7 Å². The van der Waals surface area contributed by atoms with Crippen molar-refractivity contribution in [1.29, 1.82) is 0 Å². The number of methoxy groups -OCH3 is 4. The second-order valence-electron chi connectivity index (χ2n) is 12.0. The van der Waals surface area contributed by atoms with Gasteiger partial charge in [0.25, 0.3) is 5.91 Å². The first-order valence-corrected chi connectivity index (χ1v) is 17.0. The summed E-state index contributed by atoms with van der Waals surface area (Å²) in [6.45, 7) is 0.240. The van der Waals surface area contributed by atoms with E-state index < -0.39 is 6.17 Å². The number of ether oxygens (including phenoxy) is 6. The lowest BCUT2D eigenvalue weighted by atomic mass is 10.0. The zero-order valence-corrected chi connectivity index (χ0v) is 29.9. The van der Waals surface area contributed by atoms with Crippen LogP contribution in [0.15, 0.2) is 60.7 Å². The van der Waals surface area contributed by atoms with Gasteiger partial charge in [-0.05, 0) is 96.1 Å². The highest BCUT2D eigenvalue weighted by molar-refractivity contribution is 6.02. The third-order valence-corrected chi connectivity index (χ3v) is 8.75. The van der Waals surface area contributed by atoms with E-state index in [0.717, 1.165) is 36.0 Å². The first-order valence-electron chi connectivity index (χ1n) is 17.0. The van der Waals surface area contributed by atoms with Crippen LogP contribution in [-0.4, -0.2) is 62.9 Å². The number of nitrogens with one attached hydrogen (secondary N) is 2. The topological polar surface area (TPSA) is 157 Å². The number of unbranched alkanes of at least 4 members (excludes halogenated alkanes) is 2. The fraction of sp³-hybridized carbons (Fsp3) is 0.325. The zero-order valence-electron chi connectivity index (χ0n) is 29.9. The van der Waals surface area contributed by atoms with Crippen molar-refractivity contribution in [1.82, 2.24) is 5.32 Å². The van der Waals surface area contributed by atoms with E-state index in [2.05, 4.69) is 10.6 Å². The van der Waals surface area contributed by atoms with Crippen LogP contribution in [0.25, 0.3) is 12.2 Å². The molecule has 0 radical (unpaired) electrons. The molecule has 276 valence electrons. The van der Waals surface area contributed by atoms with Crippen LogP contribution in [0.4, 0.5) is 5.69 Å². The van der Waals surface area contributed by atoms with E-state index in [0.29, 0.717) is 75.7 Å². The molecular weight excluding hydrogens is 668 g/mol. The lowest BCUT2D eigenvalue weighted by molar-refractivity contribution is 0.0935. The first kappa shape index (κ1) is 37.8. The maximum Gasteiger partial charge on any atom is 0.255 e. The van der Waals surface area contributed by atoms with Crippen molar-refractivity contribution < 1.29 is 48.5 Å². The quantitative estimate of drug-likeness (QED) is 0.0622. The molecule has 1 amide bonds. The van der Waals surface area contributed by atoms with E-state index in [1.165, 1.54) is 7.11 Å². The van der Waals surface area contributed by atoms with Gasteiger partial charge in [0.05, 0.1) is 67.0 Å². The number of benzene rings is 4. The Morgan fingerprint density at radius 3 is 1.92 bits per heavy atom. The number of anilines is 1. The van der Waals surface area contributed by atoms with Crippen molar-refractivity contribution in [3.63, 3.8) is 0 Å². The minimum Gasteiger partial charge on any atom is -0.497 e. The van der Waals surface area contributed by atoms with E-state index in [1.807, 2.05) is 48.6 Å². The molecule has 0 saturated heterocycles. The predicted molar refractivity (Wildman–Crippen MR) is 197 cm³/mol. The van der Waals surface area contributed by atoms with E-state index in [9.17, 15) is 20.1 Å². The van der Waals surface area contributed by atoms with Crippen LogP contribution in [0.3, 0.4) is 0 Å². The Labute approximate surface area is 303 Å². The second kappa shape index (κ2) is 18.2. The Morgan fingerprint density at radius 1 is 0.635 bits per heavy atom. The van der Waals surface area contributed by atoms with Crippen molar-refractivity contribution in [2.45, 2.75) is 45.2 Å². The average Bonchev–Trinajstić information content (AvgIpc) is 3.18. The average molecular weight is 715 g/mol. The molecule has 4 aromatic carbocycles. The van der Waals surface area contributed by atoms with Gasteiger partial charge in [0.15, 0.2) is 11.5 Å². The van der Waals surface area contributed by atoms with Gasteiger partial charge in [-0.3, -0.25) is 4.79 Å². The summed E-state index contributed by atoms with van der Waals surface area (Å²) in [5.41, 5.74) is 5.39. The summed E-state index contributed by atoms with van der Waals surface area (Å²) in [6, 6.07) is 18.1. The number of hydrogen-bond acceptors (Lipinski definition) is 11. The largest absolute Gasteiger partial charge is 0.497 e. The monoisotopic (exact) mass is 714 g/mol. The lowest BCUT2D eigenvalue weighted by Gasteiger charge is -2.29. The van der Waals surface area contributed by atoms with Gasteiger partial charge in [0, 0.05) is 16.8 Å². The summed E-state index contributed by atoms with van der Waals surface area (Å²) in [5, 5.41) is 35.8. The number of carbonyl (C=O) groups excluding carboxylic acids is 1. The maximum atomic E-state index is 12.8. The normalized spacial score (nSPS) is 13.6. The molecule has 1 aliphatic rings. The van der Waals surface area contributed by atoms with Gasteiger partial charge in [-0.15, -0.1) is 0 Å². The number of rotatable bonds is 18. The molecule has 4 aromatic rings. The highest BCUT2D eigenvalue weighted by Gasteiger charge is 2.26. The van der Waals surface area contributed by atoms with Gasteiger partial charge in [0.2, 0.25) is 5.75 Å². The summed E-state index contributed by atoms with van der Waals surface area (Å²) in [6.07, 6.45) is 5.69. The van der Waals surface area contributed by atoms with E-state index >= 15 is 0 Å². The third-order valence-electron chi connectivity index (χ3n) is 8.75. The van der Waals surface area contributed by atoms with Crippen LogP contribution in [0.2, 0.25) is 0 Å². The summed E-state index contributed by atoms with van der Waals surface area (Å²) >= 11 is 0. The Kier molecular flexibility index (Phi) is 13.2. The van der Waals surface area contributed by atoms with Gasteiger partial charge >= 0.3 is 0 Å². The molecule has 1 aliphatic heterocycles. The van der Waals surface area contributed by atoms with Crippen LogP contribution in [0.5, 0.6) is 34.5 Å². The zero-order chi connectivity index (χ0) is 37.0. The molecule has 12 heteroatoms. The van der Waals surface area contributed by atoms with Gasteiger partial charge in [-0.1, -0.05) is 18.2 Å². The fourth-order valence-electron chi connectivity index (χ4n) is 5.97. The lowest BCUT2D eigenvalue weighted by Crippen LogP contribution is -2.38. The van der Waals surface area contributed by atoms with Crippen molar-refractivity contribution >= 4 is 23.7 Å². The third kappa shape index (κ3) is 8.89. The molecular formula is C40H46N2O10. The van der Waals surface area contributed by atoms with Crippen LogP contribution >= 0.6 is 0 Å². The van der Waals surface area contributed by atoms with Crippen LogP contribution < -0.4 is 39.1 Å². The molecule has 0 aromatic heterocycles. The number of carbonyl (C=O) groups is 1. The molecule has 0 fully saturated rings. The van der Waals surface area contributed by atoms with Crippen molar-refractivity contribution in [3.05, 3.63) is 99.6 Å². The summed E-state index contributed by atoms with van der Waals surface area (Å²) < 4.78 is 34.0. The summed E-state index contributed by atoms with van der Waals surface area (Å²) in [4.78, 5) is 12.8. The highest BCUT2D eigenvalue weighted by atomic mass is 16.5. The molecule has 1 heterocycles. The summed E-state index contributed by atoms with van der Waals surface area (Å²) in [7, 11) is 6.23. The summed E-state index contributed by atoms with van der Waals surface area (Å²) in [5.74, 6) is 3.05. The van der Waals surface area contributed by atoms with E-state index in [4.69, 9.17) is 28.4 Å². The van der Waals surface area contributed by atoms with Crippen molar-refractivity contribution in [2.75, 3.05) is 47.0 Å². The van der Waals surface area contributed by atoms with Crippen LogP contribution in [-0.2, 0) is 19.8 Å². The molecule has 0 saturated carbocycles. The van der Waals surface area contributed by atoms with Gasteiger partial charge in [0.1, 0.15) is 23.4 Å². The first-order chi connectivity index (χ1) is 25.3. The maximum absolute atomic E-state index is 12.8. The Hall–Kier alpha value is -5.43. The SMILES string of the molecule is COc1ccc2c(c1)C(=O)NC(c1ccc(OCCCCCOc3c(OC)cc(/C=C\c4cc(CO)c(CO)c(OC)c4)cc3OC)c(CO)c1)N2. The number of fused-ring (bicyclic) bond motifs is 1. The molecule has 0 bridgehead atoms. The molecule has 12 nitrogen and oxygen atoms in total. The number of aliphatic hydroxyl groups excluding tert-OH is 3. The van der Waals surface area contributed by atoms with Crippen LogP contribution in [0.1, 0.15) is 69.2 Å². The van der Waals surface area contributed by atoms with Crippen molar-refractivity contribution in [3.8, 4) is 34.5 Å². The van der Waals surface area contributed by atoms with Gasteiger partial charge in [-0.2, -0.15) is 0 Å². The Balaban J connectivity index is 1.12. The number of aliphatic hydroxyl groups is 3. The Morgan fingerprint density at radius 2 is 1.29 bits per heavy atom. The number of amides is 1. The minimum absolute atomic E-state index is 0.208. The smallest absolute Gasteiger partial charge is 0.255 e. The molecule has 5 N–H and O–H groups in total. The Bertz CT molecular complexity index is 1830. The standard InChI is InChI=1S/C40H46N2O10/c1-47-30-11-12-33-31(21-30)40(46)42-39(41-33)27-10-13-34(29(20-27)23-44)51-14-6-5-7-15-52-38-36(49-3)18-26(19-37(38)50-4)9-8-25-16-28(22-43)32(24-45)35(17-25)48-2/h8-13,16-21,39,41,43-45H,5-7,14-15,22-24H2,1-4H3,(H,42,46)/b9-8-. The molecule has 0 aliphatic carbocycles. The second-order valence-corrected chi connectivity index (χ2v) is 12.0. The molecule has 1 atom stereocenters.